The topological polar surface area (TPSA) is 73.1 Å². The minimum atomic E-state index is -4.62. The van der Waals surface area contributed by atoms with Gasteiger partial charge in [-0.3, -0.25) is 14.2 Å². The van der Waals surface area contributed by atoms with Crippen LogP contribution in [0.2, 0.25) is 5.02 Å². The van der Waals surface area contributed by atoms with E-state index < -0.39 is 35.4 Å². The molecule has 0 atom stereocenters. The molecule has 0 unspecified atom stereocenters. The SMILES string of the molecule is Cc1cccc(-n2c(=O)c3sccc3n(CC(=O)Nc3cc(C(F)(F)F)ccc3Cl)c2=O)c1. The first kappa shape index (κ1) is 22.8. The number of nitrogens with zero attached hydrogens (tertiary/aromatic N) is 2. The molecule has 33 heavy (non-hydrogen) atoms. The molecule has 0 aliphatic rings. The molecular formula is C22H15ClF3N3O3S. The van der Waals surface area contributed by atoms with E-state index in [0.29, 0.717) is 5.69 Å². The van der Waals surface area contributed by atoms with E-state index in [1.54, 1.807) is 23.6 Å². The molecule has 1 amide bonds. The fraction of sp³-hybridized carbons (Fsp3) is 0.136. The Morgan fingerprint density at radius 3 is 2.58 bits per heavy atom. The van der Waals surface area contributed by atoms with Crippen LogP contribution in [0.15, 0.2) is 63.5 Å². The van der Waals surface area contributed by atoms with Gasteiger partial charge in [-0.15, -0.1) is 11.3 Å². The first-order valence-electron chi connectivity index (χ1n) is 9.53. The number of aromatic nitrogens is 2. The molecule has 6 nitrogen and oxygen atoms in total. The average molecular weight is 494 g/mol. The summed E-state index contributed by atoms with van der Waals surface area (Å²) in [6, 6.07) is 10.9. The summed E-state index contributed by atoms with van der Waals surface area (Å²) in [4.78, 5) is 38.9. The number of thiophene rings is 1. The van der Waals surface area contributed by atoms with Gasteiger partial charge in [0.1, 0.15) is 11.2 Å². The number of fused-ring (bicyclic) bond motifs is 1. The highest BCUT2D eigenvalue weighted by molar-refractivity contribution is 7.17. The third-order valence-electron chi connectivity index (χ3n) is 4.88. The maximum atomic E-state index is 13.2. The van der Waals surface area contributed by atoms with Gasteiger partial charge in [0.05, 0.1) is 27.5 Å². The molecule has 11 heteroatoms. The van der Waals surface area contributed by atoms with Gasteiger partial charge in [0.15, 0.2) is 0 Å². The molecule has 2 aromatic carbocycles. The number of halogens is 4. The van der Waals surface area contributed by atoms with E-state index in [4.69, 9.17) is 11.6 Å². The Morgan fingerprint density at radius 1 is 1.12 bits per heavy atom. The normalized spacial score (nSPS) is 11.7. The Bertz CT molecular complexity index is 1500. The Balaban J connectivity index is 1.76. The van der Waals surface area contributed by atoms with Crippen LogP contribution in [0.25, 0.3) is 15.9 Å². The lowest BCUT2D eigenvalue weighted by molar-refractivity contribution is -0.137. The molecule has 0 aliphatic heterocycles. The van der Waals surface area contributed by atoms with E-state index in [0.717, 1.165) is 44.2 Å². The lowest BCUT2D eigenvalue weighted by atomic mass is 10.2. The van der Waals surface area contributed by atoms with Crippen molar-refractivity contribution in [3.05, 3.63) is 90.9 Å². The summed E-state index contributed by atoms with van der Waals surface area (Å²) >= 11 is 7.07. The fourth-order valence-corrected chi connectivity index (χ4v) is 4.35. The van der Waals surface area contributed by atoms with Crippen molar-refractivity contribution < 1.29 is 18.0 Å². The van der Waals surface area contributed by atoms with Gasteiger partial charge in [-0.2, -0.15) is 13.2 Å². The predicted octanol–water partition coefficient (Wildman–Crippen LogP) is 4.83. The summed E-state index contributed by atoms with van der Waals surface area (Å²) < 4.78 is 41.4. The molecule has 1 N–H and O–H groups in total. The van der Waals surface area contributed by atoms with Crippen molar-refractivity contribution in [3.8, 4) is 5.69 Å². The summed E-state index contributed by atoms with van der Waals surface area (Å²) in [5.74, 6) is -0.778. The number of anilines is 1. The number of nitrogens with one attached hydrogen (secondary N) is 1. The average Bonchev–Trinajstić information content (AvgIpc) is 3.22. The highest BCUT2D eigenvalue weighted by Crippen LogP contribution is 2.33. The smallest absolute Gasteiger partial charge is 0.323 e. The Hall–Kier alpha value is -3.37. The molecule has 4 aromatic rings. The van der Waals surface area contributed by atoms with Gasteiger partial charge >= 0.3 is 11.9 Å². The number of hydrogen-bond donors (Lipinski definition) is 1. The molecular weight excluding hydrogens is 479 g/mol. The highest BCUT2D eigenvalue weighted by Gasteiger charge is 2.31. The van der Waals surface area contributed by atoms with E-state index in [-0.39, 0.29) is 20.9 Å². The first-order valence-corrected chi connectivity index (χ1v) is 10.8. The number of hydrogen-bond acceptors (Lipinski definition) is 4. The maximum Gasteiger partial charge on any atom is 0.416 e. The molecule has 0 aliphatic carbocycles. The van der Waals surface area contributed by atoms with E-state index in [1.807, 2.05) is 13.0 Å². The van der Waals surface area contributed by atoms with Crippen LogP contribution < -0.4 is 16.6 Å². The van der Waals surface area contributed by atoms with E-state index in [9.17, 15) is 27.6 Å². The maximum absolute atomic E-state index is 13.2. The number of rotatable bonds is 4. The molecule has 0 saturated heterocycles. The van der Waals surface area contributed by atoms with Crippen molar-refractivity contribution in [2.45, 2.75) is 19.6 Å². The van der Waals surface area contributed by atoms with Gasteiger partial charge < -0.3 is 5.32 Å². The fourth-order valence-electron chi connectivity index (χ4n) is 3.37. The summed E-state index contributed by atoms with van der Waals surface area (Å²) in [5, 5.41) is 3.85. The zero-order valence-corrected chi connectivity index (χ0v) is 18.5. The van der Waals surface area contributed by atoms with Gasteiger partial charge in [0.25, 0.3) is 5.56 Å². The number of amides is 1. The minimum Gasteiger partial charge on any atom is -0.323 e. The largest absolute Gasteiger partial charge is 0.416 e. The molecule has 0 bridgehead atoms. The van der Waals surface area contributed by atoms with Crippen LogP contribution >= 0.6 is 22.9 Å². The summed E-state index contributed by atoms with van der Waals surface area (Å²) in [7, 11) is 0. The van der Waals surface area contributed by atoms with Gasteiger partial charge in [0, 0.05) is 0 Å². The quantitative estimate of drug-likeness (QED) is 0.442. The monoisotopic (exact) mass is 493 g/mol. The molecule has 0 saturated carbocycles. The second-order valence-corrected chi connectivity index (χ2v) is 8.55. The highest BCUT2D eigenvalue weighted by atomic mass is 35.5. The van der Waals surface area contributed by atoms with Crippen LogP contribution in [0.5, 0.6) is 0 Å². The molecule has 0 spiro atoms. The number of carbonyl (C=O) groups is 1. The van der Waals surface area contributed by atoms with Gasteiger partial charge in [-0.05, 0) is 54.3 Å². The van der Waals surface area contributed by atoms with Crippen molar-refractivity contribution in [3.63, 3.8) is 0 Å². The van der Waals surface area contributed by atoms with E-state index in [2.05, 4.69) is 5.32 Å². The van der Waals surface area contributed by atoms with Crippen molar-refractivity contribution in [1.82, 2.24) is 9.13 Å². The standard InChI is InChI=1S/C22H15ClF3N3O3S/c1-12-3-2-4-14(9-12)29-20(31)19-17(7-8-33-19)28(21(29)32)11-18(30)27-16-10-13(22(24,25)26)5-6-15(16)23/h2-10H,11H2,1H3,(H,27,30). The van der Waals surface area contributed by atoms with Crippen LogP contribution in [-0.2, 0) is 17.5 Å². The van der Waals surface area contributed by atoms with Crippen LogP contribution in [0.1, 0.15) is 11.1 Å². The first-order chi connectivity index (χ1) is 15.6. The lowest BCUT2D eigenvalue weighted by Gasteiger charge is -2.14. The van der Waals surface area contributed by atoms with Gasteiger partial charge in [0.2, 0.25) is 5.91 Å². The van der Waals surface area contributed by atoms with E-state index in [1.165, 1.54) is 6.07 Å². The van der Waals surface area contributed by atoms with Crippen LogP contribution in [0.4, 0.5) is 18.9 Å². The second-order valence-electron chi connectivity index (χ2n) is 7.22. The van der Waals surface area contributed by atoms with Crippen LogP contribution in [0.3, 0.4) is 0 Å². The third-order valence-corrected chi connectivity index (χ3v) is 6.11. The van der Waals surface area contributed by atoms with Crippen molar-refractivity contribution >= 4 is 44.7 Å². The number of benzene rings is 2. The Labute approximate surface area is 193 Å². The Morgan fingerprint density at radius 2 is 1.88 bits per heavy atom. The number of carbonyl (C=O) groups excluding carboxylic acids is 1. The van der Waals surface area contributed by atoms with Crippen molar-refractivity contribution in [2.24, 2.45) is 0 Å². The molecule has 2 aromatic heterocycles. The van der Waals surface area contributed by atoms with Gasteiger partial charge in [-0.1, -0.05) is 23.7 Å². The zero-order chi connectivity index (χ0) is 23.9. The van der Waals surface area contributed by atoms with Crippen LogP contribution in [0, 0.1) is 6.92 Å². The molecule has 2 heterocycles. The zero-order valence-electron chi connectivity index (χ0n) is 16.9. The number of alkyl halides is 3. The summed E-state index contributed by atoms with van der Waals surface area (Å²) in [6.07, 6.45) is -4.62. The third kappa shape index (κ3) is 4.44. The lowest BCUT2D eigenvalue weighted by Crippen LogP contribution is -2.40. The van der Waals surface area contributed by atoms with Crippen molar-refractivity contribution in [2.75, 3.05) is 5.32 Å². The molecule has 4 rings (SSSR count). The summed E-state index contributed by atoms with van der Waals surface area (Å²) in [5.41, 5.74) is -1.06. The predicted molar refractivity (Wildman–Crippen MR) is 122 cm³/mol. The molecule has 170 valence electrons. The van der Waals surface area contributed by atoms with Crippen molar-refractivity contribution in [1.29, 1.82) is 0 Å². The Kier molecular flexibility index (Phi) is 5.89. The number of aryl methyl sites for hydroxylation is 1. The second kappa shape index (κ2) is 8.53. The van der Waals surface area contributed by atoms with Crippen LogP contribution in [-0.4, -0.2) is 15.0 Å². The van der Waals surface area contributed by atoms with E-state index >= 15 is 0 Å². The summed E-state index contributed by atoms with van der Waals surface area (Å²) in [6.45, 7) is 1.27. The van der Waals surface area contributed by atoms with Gasteiger partial charge in [-0.25, -0.2) is 9.36 Å². The minimum absolute atomic E-state index is 0.0888. The molecule has 0 radical (unpaired) electrons. The molecule has 0 fully saturated rings.